The number of carbonyl (C=O) groups excluding carboxylic acids is 1. The Bertz CT molecular complexity index is 1260. The Balaban J connectivity index is 1.67. The van der Waals surface area contributed by atoms with Crippen LogP contribution in [0, 0.1) is 6.92 Å². The third-order valence-corrected chi connectivity index (χ3v) is 5.67. The van der Waals surface area contributed by atoms with Gasteiger partial charge in [0.25, 0.3) is 5.56 Å². The van der Waals surface area contributed by atoms with Gasteiger partial charge < -0.3 is 5.32 Å². The first-order valence-electron chi connectivity index (χ1n) is 9.60. The van der Waals surface area contributed by atoms with Gasteiger partial charge in [0, 0.05) is 5.69 Å². The largest absolute Gasteiger partial charge is 0.325 e. The van der Waals surface area contributed by atoms with Crippen molar-refractivity contribution in [3.63, 3.8) is 0 Å². The number of anilines is 1. The molecule has 2 aromatic heterocycles. The minimum absolute atomic E-state index is 0.119. The van der Waals surface area contributed by atoms with Gasteiger partial charge >= 0.3 is 0 Å². The molecule has 0 spiro atoms. The lowest BCUT2D eigenvalue weighted by Crippen LogP contribution is -2.23. The van der Waals surface area contributed by atoms with Gasteiger partial charge in [-0.05, 0) is 37.1 Å². The Morgan fingerprint density at radius 1 is 1.17 bits per heavy atom. The zero-order chi connectivity index (χ0) is 21.1. The van der Waals surface area contributed by atoms with Crippen LogP contribution in [0.4, 0.5) is 5.69 Å². The van der Waals surface area contributed by atoms with E-state index in [1.807, 2.05) is 62.4 Å². The van der Waals surface area contributed by atoms with E-state index in [0.717, 1.165) is 28.9 Å². The van der Waals surface area contributed by atoms with Crippen LogP contribution >= 0.6 is 11.8 Å². The number of nitrogens with one attached hydrogen (secondary N) is 2. The highest BCUT2D eigenvalue weighted by Crippen LogP contribution is 2.23. The molecule has 0 fully saturated rings. The number of para-hydroxylation sites is 1. The Morgan fingerprint density at radius 2 is 1.93 bits per heavy atom. The lowest BCUT2D eigenvalue weighted by molar-refractivity contribution is -0.113. The smallest absolute Gasteiger partial charge is 0.269 e. The summed E-state index contributed by atoms with van der Waals surface area (Å²) in [6.45, 7) is 4.03. The third kappa shape index (κ3) is 3.99. The molecule has 0 atom stereocenters. The van der Waals surface area contributed by atoms with E-state index in [4.69, 9.17) is 0 Å². The number of amides is 1. The molecule has 2 heterocycles. The topological polar surface area (TPSA) is 92.7 Å². The van der Waals surface area contributed by atoms with Crippen LogP contribution in [0.5, 0.6) is 0 Å². The molecule has 7 nitrogen and oxygen atoms in total. The normalized spacial score (nSPS) is 11.0. The van der Waals surface area contributed by atoms with E-state index in [0.29, 0.717) is 16.2 Å². The molecular formula is C22H21N5O2S. The highest BCUT2D eigenvalue weighted by Gasteiger charge is 2.17. The maximum absolute atomic E-state index is 13.2. The maximum Gasteiger partial charge on any atom is 0.269 e. The molecule has 0 aliphatic carbocycles. The van der Waals surface area contributed by atoms with Crippen molar-refractivity contribution in [1.29, 1.82) is 0 Å². The highest BCUT2D eigenvalue weighted by atomic mass is 32.2. The van der Waals surface area contributed by atoms with E-state index in [1.165, 1.54) is 18.0 Å². The standard InChI is InChI=1S/C22H21N5O2S/c1-3-15-6-4-5-7-18(15)27-21(29)17-12-23-26-20(17)25-22(27)30-13-19(28)24-16-10-8-14(2)9-11-16/h4-12H,3,13H2,1-2H3,(H,23,26)(H,24,28). The Hall–Kier alpha value is -3.39. The van der Waals surface area contributed by atoms with Gasteiger partial charge in [0.05, 0.1) is 17.6 Å². The number of thioether (sulfide) groups is 1. The minimum atomic E-state index is -0.212. The second kappa shape index (κ2) is 8.54. The van der Waals surface area contributed by atoms with Crippen molar-refractivity contribution in [1.82, 2.24) is 19.7 Å². The van der Waals surface area contributed by atoms with Crippen molar-refractivity contribution in [3.05, 3.63) is 76.2 Å². The third-order valence-electron chi connectivity index (χ3n) is 4.73. The number of hydrogen-bond donors (Lipinski definition) is 2. The number of benzene rings is 2. The molecule has 0 radical (unpaired) electrons. The van der Waals surface area contributed by atoms with Crippen molar-refractivity contribution in [2.75, 3.05) is 11.1 Å². The number of aromatic nitrogens is 4. The summed E-state index contributed by atoms with van der Waals surface area (Å²) in [7, 11) is 0. The lowest BCUT2D eigenvalue weighted by atomic mass is 10.1. The number of rotatable bonds is 6. The van der Waals surface area contributed by atoms with Crippen molar-refractivity contribution in [2.24, 2.45) is 0 Å². The fourth-order valence-electron chi connectivity index (χ4n) is 3.18. The van der Waals surface area contributed by atoms with Crippen molar-refractivity contribution in [3.8, 4) is 5.69 Å². The van der Waals surface area contributed by atoms with Crippen LogP contribution in [0.25, 0.3) is 16.7 Å². The van der Waals surface area contributed by atoms with Gasteiger partial charge in [-0.2, -0.15) is 5.10 Å². The van der Waals surface area contributed by atoms with Crippen LogP contribution in [-0.2, 0) is 11.2 Å². The molecule has 152 valence electrons. The van der Waals surface area contributed by atoms with Gasteiger partial charge in [0.15, 0.2) is 10.8 Å². The summed E-state index contributed by atoms with van der Waals surface area (Å²) < 4.78 is 1.57. The quantitative estimate of drug-likeness (QED) is 0.367. The lowest BCUT2D eigenvalue weighted by Gasteiger charge is -2.15. The Labute approximate surface area is 177 Å². The first-order valence-corrected chi connectivity index (χ1v) is 10.6. The molecule has 30 heavy (non-hydrogen) atoms. The summed E-state index contributed by atoms with van der Waals surface area (Å²) in [5.41, 5.74) is 3.84. The molecule has 1 amide bonds. The summed E-state index contributed by atoms with van der Waals surface area (Å²) in [5, 5.41) is 10.4. The monoisotopic (exact) mass is 419 g/mol. The predicted octanol–water partition coefficient (Wildman–Crippen LogP) is 3.71. The molecule has 4 aromatic rings. The SMILES string of the molecule is CCc1ccccc1-n1c(SCC(=O)Nc2ccc(C)cc2)nc2[nH]ncc2c1=O. The number of aryl methyl sites for hydroxylation is 2. The fourth-order valence-corrected chi connectivity index (χ4v) is 3.97. The number of carbonyl (C=O) groups is 1. The summed E-state index contributed by atoms with van der Waals surface area (Å²) >= 11 is 1.22. The van der Waals surface area contributed by atoms with E-state index in [-0.39, 0.29) is 17.2 Å². The minimum Gasteiger partial charge on any atom is -0.325 e. The molecule has 2 N–H and O–H groups in total. The van der Waals surface area contributed by atoms with E-state index in [1.54, 1.807) is 4.57 Å². The first-order chi connectivity index (χ1) is 14.6. The van der Waals surface area contributed by atoms with Crippen molar-refractivity contribution < 1.29 is 4.79 Å². The summed E-state index contributed by atoms with van der Waals surface area (Å²) in [4.78, 5) is 30.2. The molecule has 0 aliphatic heterocycles. The van der Waals surface area contributed by atoms with Crippen LogP contribution in [-0.4, -0.2) is 31.4 Å². The molecule has 0 saturated carbocycles. The molecule has 4 rings (SSSR count). The molecule has 0 aliphatic rings. The zero-order valence-corrected chi connectivity index (χ0v) is 17.5. The molecule has 0 bridgehead atoms. The molecule has 8 heteroatoms. The van der Waals surface area contributed by atoms with Crippen LogP contribution in [0.15, 0.2) is 64.7 Å². The molecule has 2 aromatic carbocycles. The van der Waals surface area contributed by atoms with Crippen LogP contribution in [0.1, 0.15) is 18.1 Å². The molecule has 0 unspecified atom stereocenters. The number of H-pyrrole nitrogens is 1. The number of fused-ring (bicyclic) bond motifs is 1. The summed E-state index contributed by atoms with van der Waals surface area (Å²) in [6.07, 6.45) is 2.25. The fraction of sp³-hybridized carbons (Fsp3) is 0.182. The second-order valence-corrected chi connectivity index (χ2v) is 7.79. The van der Waals surface area contributed by atoms with Gasteiger partial charge in [0.1, 0.15) is 5.39 Å². The zero-order valence-electron chi connectivity index (χ0n) is 16.7. The molecular weight excluding hydrogens is 398 g/mol. The van der Waals surface area contributed by atoms with E-state index in [2.05, 4.69) is 20.5 Å². The summed E-state index contributed by atoms with van der Waals surface area (Å²) in [6, 6.07) is 15.3. The van der Waals surface area contributed by atoms with Crippen LogP contribution < -0.4 is 10.9 Å². The first kappa shape index (κ1) is 19.9. The van der Waals surface area contributed by atoms with Gasteiger partial charge in [-0.1, -0.05) is 54.6 Å². The number of aromatic amines is 1. The van der Waals surface area contributed by atoms with Gasteiger partial charge in [0.2, 0.25) is 5.91 Å². The number of hydrogen-bond acceptors (Lipinski definition) is 5. The van der Waals surface area contributed by atoms with Gasteiger partial charge in [-0.3, -0.25) is 19.3 Å². The van der Waals surface area contributed by atoms with Crippen LogP contribution in [0.2, 0.25) is 0 Å². The van der Waals surface area contributed by atoms with Gasteiger partial charge in [-0.25, -0.2) is 4.98 Å². The average molecular weight is 420 g/mol. The average Bonchev–Trinajstić information content (AvgIpc) is 3.23. The highest BCUT2D eigenvalue weighted by molar-refractivity contribution is 7.99. The van der Waals surface area contributed by atoms with Crippen molar-refractivity contribution in [2.45, 2.75) is 25.4 Å². The Kier molecular flexibility index (Phi) is 5.67. The summed E-state index contributed by atoms with van der Waals surface area (Å²) in [5.74, 6) is -0.0491. The maximum atomic E-state index is 13.2. The molecule has 0 saturated heterocycles. The van der Waals surface area contributed by atoms with Crippen molar-refractivity contribution >= 4 is 34.4 Å². The van der Waals surface area contributed by atoms with E-state index < -0.39 is 0 Å². The van der Waals surface area contributed by atoms with E-state index >= 15 is 0 Å². The Morgan fingerprint density at radius 3 is 2.70 bits per heavy atom. The van der Waals surface area contributed by atoms with Gasteiger partial charge in [-0.15, -0.1) is 0 Å². The second-order valence-electron chi connectivity index (χ2n) is 6.85. The number of nitrogens with zero attached hydrogens (tertiary/aromatic N) is 3. The van der Waals surface area contributed by atoms with E-state index in [9.17, 15) is 9.59 Å². The van der Waals surface area contributed by atoms with Crippen LogP contribution in [0.3, 0.4) is 0 Å². The predicted molar refractivity (Wildman–Crippen MR) is 119 cm³/mol.